The molecule has 3 saturated heterocycles. The van der Waals surface area contributed by atoms with Gasteiger partial charge < -0.3 is 29.3 Å². The van der Waals surface area contributed by atoms with E-state index in [9.17, 15) is 22.8 Å². The largest absolute Gasteiger partial charge is 0.573 e. The Labute approximate surface area is 170 Å². The van der Waals surface area contributed by atoms with E-state index in [1.807, 2.05) is 0 Å². The van der Waals surface area contributed by atoms with E-state index in [0.717, 1.165) is 0 Å². The molecule has 3 amide bonds. The third-order valence-corrected chi connectivity index (χ3v) is 5.36. The highest BCUT2D eigenvalue weighted by atomic mass is 19.4. The SMILES string of the molecule is O=C1COC2CCN(C(=O)N3CC(OCc4ccc(OC(F)(F)F)cc4)C3)CC2N1. The summed E-state index contributed by atoms with van der Waals surface area (Å²) in [6.45, 7) is 2.19. The Morgan fingerprint density at radius 1 is 1.17 bits per heavy atom. The summed E-state index contributed by atoms with van der Waals surface area (Å²) in [5.74, 6) is -0.448. The van der Waals surface area contributed by atoms with Gasteiger partial charge in [-0.25, -0.2) is 4.79 Å². The van der Waals surface area contributed by atoms with E-state index in [0.29, 0.717) is 38.2 Å². The first-order valence-electron chi connectivity index (χ1n) is 9.68. The number of carbonyl (C=O) groups is 2. The number of hydrogen-bond acceptors (Lipinski definition) is 5. The van der Waals surface area contributed by atoms with Gasteiger partial charge in [0, 0.05) is 13.1 Å². The maximum atomic E-state index is 12.6. The van der Waals surface area contributed by atoms with Crippen LogP contribution in [0.15, 0.2) is 24.3 Å². The van der Waals surface area contributed by atoms with Gasteiger partial charge in [-0.05, 0) is 24.1 Å². The predicted molar refractivity (Wildman–Crippen MR) is 96.5 cm³/mol. The number of piperidine rings is 1. The van der Waals surface area contributed by atoms with E-state index in [1.54, 1.807) is 9.80 Å². The number of benzene rings is 1. The summed E-state index contributed by atoms with van der Waals surface area (Å²) in [5.41, 5.74) is 0.712. The van der Waals surface area contributed by atoms with E-state index >= 15 is 0 Å². The van der Waals surface area contributed by atoms with Crippen LogP contribution in [0.4, 0.5) is 18.0 Å². The van der Waals surface area contributed by atoms with Crippen LogP contribution in [0.5, 0.6) is 5.75 Å². The van der Waals surface area contributed by atoms with Crippen LogP contribution in [0.2, 0.25) is 0 Å². The van der Waals surface area contributed by atoms with Gasteiger partial charge in [0.2, 0.25) is 5.91 Å². The lowest BCUT2D eigenvalue weighted by atomic mass is 10.0. The predicted octanol–water partition coefficient (Wildman–Crippen LogP) is 1.50. The van der Waals surface area contributed by atoms with Crippen LogP contribution in [-0.4, -0.2) is 79.1 Å². The summed E-state index contributed by atoms with van der Waals surface area (Å²) >= 11 is 0. The summed E-state index contributed by atoms with van der Waals surface area (Å²) in [6.07, 6.45) is -4.22. The molecule has 3 heterocycles. The molecule has 2 atom stereocenters. The molecule has 0 spiro atoms. The fourth-order valence-electron chi connectivity index (χ4n) is 3.77. The van der Waals surface area contributed by atoms with Gasteiger partial charge in [0.25, 0.3) is 0 Å². The van der Waals surface area contributed by atoms with Gasteiger partial charge in [-0.3, -0.25) is 4.79 Å². The summed E-state index contributed by atoms with van der Waals surface area (Å²) in [6, 6.07) is 5.21. The summed E-state index contributed by atoms with van der Waals surface area (Å²) in [5, 5.41) is 2.87. The Bertz CT molecular complexity index is 783. The van der Waals surface area contributed by atoms with Crippen LogP contribution < -0.4 is 10.1 Å². The van der Waals surface area contributed by atoms with Crippen molar-refractivity contribution in [1.29, 1.82) is 0 Å². The number of likely N-dealkylation sites (tertiary alicyclic amines) is 2. The van der Waals surface area contributed by atoms with Crippen molar-refractivity contribution >= 4 is 11.9 Å². The monoisotopic (exact) mass is 429 g/mol. The highest BCUT2D eigenvalue weighted by molar-refractivity contribution is 5.79. The number of urea groups is 1. The zero-order chi connectivity index (χ0) is 21.3. The number of nitrogens with one attached hydrogen (secondary N) is 1. The molecule has 4 rings (SSSR count). The number of hydrogen-bond donors (Lipinski definition) is 1. The third-order valence-electron chi connectivity index (χ3n) is 5.36. The molecule has 0 aliphatic carbocycles. The lowest BCUT2D eigenvalue weighted by Gasteiger charge is -2.45. The van der Waals surface area contributed by atoms with Crippen LogP contribution >= 0.6 is 0 Å². The van der Waals surface area contributed by atoms with E-state index in [1.165, 1.54) is 24.3 Å². The summed E-state index contributed by atoms with van der Waals surface area (Å²) < 4.78 is 51.6. The summed E-state index contributed by atoms with van der Waals surface area (Å²) in [7, 11) is 0. The highest BCUT2D eigenvalue weighted by Crippen LogP contribution is 2.24. The number of alkyl halides is 3. The Morgan fingerprint density at radius 3 is 2.60 bits per heavy atom. The first kappa shape index (κ1) is 20.7. The Balaban J connectivity index is 1.19. The second kappa shape index (κ2) is 8.31. The number of fused-ring (bicyclic) bond motifs is 1. The van der Waals surface area contributed by atoms with Gasteiger partial charge in [0.1, 0.15) is 12.4 Å². The van der Waals surface area contributed by atoms with Crippen molar-refractivity contribution < 1.29 is 37.0 Å². The molecule has 0 bridgehead atoms. The fraction of sp³-hybridized carbons (Fsp3) is 0.579. The molecular formula is C19H22F3N3O5. The van der Waals surface area contributed by atoms with Crippen molar-refractivity contribution in [2.75, 3.05) is 32.8 Å². The molecular weight excluding hydrogens is 407 g/mol. The molecule has 0 saturated carbocycles. The quantitative estimate of drug-likeness (QED) is 0.785. The fourth-order valence-corrected chi connectivity index (χ4v) is 3.77. The maximum absolute atomic E-state index is 12.6. The molecule has 0 aromatic heterocycles. The van der Waals surface area contributed by atoms with Crippen molar-refractivity contribution in [3.63, 3.8) is 0 Å². The van der Waals surface area contributed by atoms with E-state index in [-0.39, 0.29) is 49.2 Å². The van der Waals surface area contributed by atoms with Crippen molar-refractivity contribution in [2.45, 2.75) is 37.6 Å². The zero-order valence-corrected chi connectivity index (χ0v) is 16.1. The van der Waals surface area contributed by atoms with Crippen LogP contribution in [0, 0.1) is 0 Å². The zero-order valence-electron chi connectivity index (χ0n) is 16.1. The second-order valence-corrected chi connectivity index (χ2v) is 7.57. The Kier molecular flexibility index (Phi) is 5.74. The standard InChI is InChI=1S/C19H22F3N3O5/c20-19(21,22)30-13-3-1-12(2-4-13)10-28-14-7-25(8-14)18(27)24-6-5-16-15(9-24)23-17(26)11-29-16/h1-4,14-16H,5-11H2,(H,23,26). The van der Waals surface area contributed by atoms with Gasteiger partial charge in [0.05, 0.1) is 37.9 Å². The average Bonchev–Trinajstić information content (AvgIpc) is 2.66. The van der Waals surface area contributed by atoms with Gasteiger partial charge in [-0.1, -0.05) is 12.1 Å². The summed E-state index contributed by atoms with van der Waals surface area (Å²) in [4.78, 5) is 27.5. The first-order valence-corrected chi connectivity index (χ1v) is 9.68. The topological polar surface area (TPSA) is 80.3 Å². The van der Waals surface area contributed by atoms with Gasteiger partial charge in [0.15, 0.2) is 0 Å². The van der Waals surface area contributed by atoms with Gasteiger partial charge in [-0.15, -0.1) is 13.2 Å². The molecule has 1 aromatic carbocycles. The Hall–Kier alpha value is -2.53. The lowest BCUT2D eigenvalue weighted by Crippen LogP contribution is -2.65. The van der Waals surface area contributed by atoms with Crippen molar-refractivity contribution in [2.24, 2.45) is 0 Å². The molecule has 0 radical (unpaired) electrons. The smallest absolute Gasteiger partial charge is 0.406 e. The normalized spacial score (nSPS) is 24.7. The first-order chi connectivity index (χ1) is 14.3. The van der Waals surface area contributed by atoms with E-state index in [2.05, 4.69) is 10.1 Å². The number of carbonyl (C=O) groups excluding carboxylic acids is 2. The Morgan fingerprint density at radius 2 is 1.90 bits per heavy atom. The molecule has 164 valence electrons. The molecule has 8 nitrogen and oxygen atoms in total. The minimum Gasteiger partial charge on any atom is -0.406 e. The molecule has 1 aromatic rings. The van der Waals surface area contributed by atoms with Crippen LogP contribution in [0.25, 0.3) is 0 Å². The molecule has 30 heavy (non-hydrogen) atoms. The minimum atomic E-state index is -4.72. The number of morpholine rings is 1. The van der Waals surface area contributed by atoms with Crippen LogP contribution in [0.3, 0.4) is 0 Å². The second-order valence-electron chi connectivity index (χ2n) is 7.57. The number of rotatable bonds is 4. The number of nitrogens with zero attached hydrogens (tertiary/aromatic N) is 2. The van der Waals surface area contributed by atoms with Crippen molar-refractivity contribution in [3.8, 4) is 5.75 Å². The van der Waals surface area contributed by atoms with Gasteiger partial charge >= 0.3 is 12.4 Å². The van der Waals surface area contributed by atoms with Crippen LogP contribution in [-0.2, 0) is 20.9 Å². The van der Waals surface area contributed by atoms with E-state index in [4.69, 9.17) is 9.47 Å². The number of ether oxygens (including phenoxy) is 3. The van der Waals surface area contributed by atoms with Crippen LogP contribution in [0.1, 0.15) is 12.0 Å². The van der Waals surface area contributed by atoms with E-state index < -0.39 is 6.36 Å². The molecule has 3 fully saturated rings. The molecule has 11 heteroatoms. The lowest BCUT2D eigenvalue weighted by molar-refractivity contribution is -0.274. The number of amides is 3. The van der Waals surface area contributed by atoms with Crippen molar-refractivity contribution in [1.82, 2.24) is 15.1 Å². The minimum absolute atomic E-state index is 0.0489. The molecule has 1 N–H and O–H groups in total. The van der Waals surface area contributed by atoms with Crippen molar-refractivity contribution in [3.05, 3.63) is 29.8 Å². The molecule has 3 aliphatic heterocycles. The average molecular weight is 429 g/mol. The van der Waals surface area contributed by atoms with Gasteiger partial charge in [-0.2, -0.15) is 0 Å². The number of halogens is 3. The maximum Gasteiger partial charge on any atom is 0.573 e. The highest BCUT2D eigenvalue weighted by Gasteiger charge is 2.40. The molecule has 3 aliphatic rings. The third kappa shape index (κ3) is 4.96. The molecule has 2 unspecified atom stereocenters.